The average molecular weight is 226 g/mol. The second-order valence-corrected chi connectivity index (χ2v) is 3.71. The van der Waals surface area contributed by atoms with Gasteiger partial charge in [-0.15, -0.1) is 0 Å². The maximum absolute atomic E-state index is 7.33. The van der Waals surface area contributed by atoms with Crippen LogP contribution in [0.4, 0.5) is 11.5 Å². The van der Waals surface area contributed by atoms with E-state index >= 15 is 0 Å². The van der Waals surface area contributed by atoms with Crippen LogP contribution in [0.25, 0.3) is 0 Å². The summed E-state index contributed by atoms with van der Waals surface area (Å²) < 4.78 is 0. The zero-order valence-electron chi connectivity index (χ0n) is 9.59. The highest BCUT2D eigenvalue weighted by Crippen LogP contribution is 2.21. The number of amidine groups is 1. The lowest BCUT2D eigenvalue weighted by molar-refractivity contribution is 1.13. The van der Waals surface area contributed by atoms with Crippen molar-refractivity contribution in [1.82, 2.24) is 4.98 Å². The molecular weight excluding hydrogens is 212 g/mol. The minimum absolute atomic E-state index is 0.0806. The molecule has 0 spiro atoms. The summed E-state index contributed by atoms with van der Waals surface area (Å²) in [7, 11) is 1.95. The normalized spacial score (nSPS) is 9.94. The first kappa shape index (κ1) is 11.1. The number of benzene rings is 1. The lowest BCUT2D eigenvalue weighted by Gasteiger charge is -2.18. The second-order valence-electron chi connectivity index (χ2n) is 3.71. The van der Waals surface area contributed by atoms with Crippen LogP contribution in [0, 0.1) is 5.41 Å². The highest BCUT2D eigenvalue weighted by Gasteiger charge is 2.04. The Morgan fingerprint density at radius 3 is 2.41 bits per heavy atom. The second kappa shape index (κ2) is 4.65. The van der Waals surface area contributed by atoms with Crippen LogP contribution in [0.1, 0.15) is 5.56 Å². The van der Waals surface area contributed by atoms with Crippen molar-refractivity contribution >= 4 is 17.3 Å². The highest BCUT2D eigenvalue weighted by atomic mass is 15.2. The minimum atomic E-state index is 0.0806. The molecule has 0 atom stereocenters. The third kappa shape index (κ3) is 2.42. The van der Waals surface area contributed by atoms with E-state index in [1.54, 1.807) is 6.20 Å². The molecule has 17 heavy (non-hydrogen) atoms. The summed E-state index contributed by atoms with van der Waals surface area (Å²) in [5, 5.41) is 7.33. The van der Waals surface area contributed by atoms with E-state index in [1.165, 1.54) is 0 Å². The Balaban J connectivity index is 2.26. The maximum atomic E-state index is 7.33. The van der Waals surface area contributed by atoms with Crippen molar-refractivity contribution in [2.45, 2.75) is 0 Å². The van der Waals surface area contributed by atoms with E-state index in [9.17, 15) is 0 Å². The molecule has 1 aromatic carbocycles. The van der Waals surface area contributed by atoms with Crippen molar-refractivity contribution in [2.24, 2.45) is 5.73 Å². The molecule has 0 aliphatic carbocycles. The van der Waals surface area contributed by atoms with E-state index in [-0.39, 0.29) is 5.84 Å². The molecule has 2 aromatic rings. The van der Waals surface area contributed by atoms with Gasteiger partial charge in [0.25, 0.3) is 0 Å². The molecule has 1 heterocycles. The van der Waals surface area contributed by atoms with Crippen LogP contribution < -0.4 is 10.6 Å². The Morgan fingerprint density at radius 1 is 1.18 bits per heavy atom. The Morgan fingerprint density at radius 2 is 1.88 bits per heavy atom. The predicted molar refractivity (Wildman–Crippen MR) is 69.8 cm³/mol. The quantitative estimate of drug-likeness (QED) is 0.622. The molecule has 4 heteroatoms. The summed E-state index contributed by atoms with van der Waals surface area (Å²) >= 11 is 0. The molecule has 0 aliphatic heterocycles. The van der Waals surface area contributed by atoms with Crippen molar-refractivity contribution in [1.29, 1.82) is 5.41 Å². The minimum Gasteiger partial charge on any atom is -0.384 e. The van der Waals surface area contributed by atoms with Crippen LogP contribution in [0.3, 0.4) is 0 Å². The summed E-state index contributed by atoms with van der Waals surface area (Å²) in [5.41, 5.74) is 7.14. The third-order valence-corrected chi connectivity index (χ3v) is 2.56. The van der Waals surface area contributed by atoms with Gasteiger partial charge in [-0.05, 0) is 36.4 Å². The molecule has 3 N–H and O–H groups in total. The largest absolute Gasteiger partial charge is 0.384 e. The molecule has 0 saturated carbocycles. The van der Waals surface area contributed by atoms with Crippen molar-refractivity contribution < 1.29 is 0 Å². The van der Waals surface area contributed by atoms with Gasteiger partial charge in [0.15, 0.2) is 0 Å². The standard InChI is InChI=1S/C13H14N4/c1-17(12-4-2-3-9-16-12)11-7-5-10(6-8-11)13(14)15/h2-9H,1H3,(H3,14,15). The molecular formula is C13H14N4. The summed E-state index contributed by atoms with van der Waals surface area (Å²) in [6, 6.07) is 13.3. The number of rotatable bonds is 3. The van der Waals surface area contributed by atoms with Gasteiger partial charge < -0.3 is 10.6 Å². The summed E-state index contributed by atoms with van der Waals surface area (Å²) in [5.74, 6) is 0.958. The van der Waals surface area contributed by atoms with Gasteiger partial charge in [0.1, 0.15) is 11.7 Å². The molecule has 0 aliphatic rings. The molecule has 0 bridgehead atoms. The van der Waals surface area contributed by atoms with Crippen LogP contribution in [0.2, 0.25) is 0 Å². The van der Waals surface area contributed by atoms with Gasteiger partial charge in [-0.2, -0.15) is 0 Å². The van der Waals surface area contributed by atoms with Gasteiger partial charge in [0.05, 0.1) is 0 Å². The lowest BCUT2D eigenvalue weighted by Crippen LogP contribution is -2.13. The highest BCUT2D eigenvalue weighted by molar-refractivity contribution is 5.95. The van der Waals surface area contributed by atoms with E-state index < -0.39 is 0 Å². The maximum Gasteiger partial charge on any atom is 0.132 e. The molecule has 0 saturated heterocycles. The molecule has 1 aromatic heterocycles. The van der Waals surface area contributed by atoms with E-state index in [0.29, 0.717) is 0 Å². The molecule has 4 nitrogen and oxygen atoms in total. The Bertz CT molecular complexity index is 505. The summed E-state index contributed by atoms with van der Waals surface area (Å²) in [4.78, 5) is 6.25. The van der Waals surface area contributed by atoms with Crippen molar-refractivity contribution in [3.8, 4) is 0 Å². The molecule has 0 fully saturated rings. The first-order valence-electron chi connectivity index (χ1n) is 5.27. The number of nitrogens with two attached hydrogens (primary N) is 1. The van der Waals surface area contributed by atoms with Gasteiger partial charge in [0, 0.05) is 24.5 Å². The van der Waals surface area contributed by atoms with Crippen molar-refractivity contribution in [3.05, 3.63) is 54.2 Å². The van der Waals surface area contributed by atoms with E-state index in [4.69, 9.17) is 11.1 Å². The van der Waals surface area contributed by atoms with E-state index in [1.807, 2.05) is 54.4 Å². The zero-order valence-corrected chi connectivity index (χ0v) is 9.59. The first-order valence-corrected chi connectivity index (χ1v) is 5.27. The van der Waals surface area contributed by atoms with Gasteiger partial charge >= 0.3 is 0 Å². The Hall–Kier alpha value is -2.36. The zero-order chi connectivity index (χ0) is 12.3. The number of anilines is 2. The summed E-state index contributed by atoms with van der Waals surface area (Å²) in [6.07, 6.45) is 1.76. The number of hydrogen-bond acceptors (Lipinski definition) is 3. The summed E-state index contributed by atoms with van der Waals surface area (Å²) in [6.45, 7) is 0. The number of aromatic nitrogens is 1. The van der Waals surface area contributed by atoms with Crippen molar-refractivity contribution in [3.63, 3.8) is 0 Å². The van der Waals surface area contributed by atoms with Crippen LogP contribution in [-0.4, -0.2) is 17.9 Å². The topological polar surface area (TPSA) is 66.0 Å². The number of nitrogens with one attached hydrogen (secondary N) is 1. The van der Waals surface area contributed by atoms with Crippen molar-refractivity contribution in [2.75, 3.05) is 11.9 Å². The molecule has 86 valence electrons. The van der Waals surface area contributed by atoms with Gasteiger partial charge in [-0.25, -0.2) is 4.98 Å². The molecule has 0 radical (unpaired) electrons. The average Bonchev–Trinajstić information content (AvgIpc) is 2.39. The molecule has 0 unspecified atom stereocenters. The lowest BCUT2D eigenvalue weighted by atomic mass is 10.2. The van der Waals surface area contributed by atoms with Crippen LogP contribution >= 0.6 is 0 Å². The fourth-order valence-corrected chi connectivity index (χ4v) is 1.55. The molecule has 0 amide bonds. The van der Waals surface area contributed by atoms with Crippen LogP contribution in [-0.2, 0) is 0 Å². The van der Waals surface area contributed by atoms with Crippen LogP contribution in [0.5, 0.6) is 0 Å². The smallest absolute Gasteiger partial charge is 0.132 e. The Kier molecular flexibility index (Phi) is 3.05. The SMILES string of the molecule is CN(c1ccc(C(=N)N)cc1)c1ccccn1. The van der Waals surface area contributed by atoms with Gasteiger partial charge in [0.2, 0.25) is 0 Å². The number of nitrogen functional groups attached to an aromatic ring is 1. The van der Waals surface area contributed by atoms with E-state index in [0.717, 1.165) is 17.1 Å². The fraction of sp³-hybridized carbons (Fsp3) is 0.0769. The van der Waals surface area contributed by atoms with Crippen LogP contribution in [0.15, 0.2) is 48.7 Å². The number of hydrogen-bond donors (Lipinski definition) is 2. The first-order chi connectivity index (χ1) is 8.18. The van der Waals surface area contributed by atoms with Gasteiger partial charge in [-0.3, -0.25) is 5.41 Å². The van der Waals surface area contributed by atoms with E-state index in [2.05, 4.69) is 4.98 Å². The predicted octanol–water partition coefficient (Wildman–Crippen LogP) is 2.13. The van der Waals surface area contributed by atoms with Gasteiger partial charge in [-0.1, -0.05) is 6.07 Å². The molecule has 2 rings (SSSR count). The Labute approximate surface area is 100 Å². The fourth-order valence-electron chi connectivity index (χ4n) is 1.55. The number of pyridine rings is 1. The number of nitrogens with zero attached hydrogens (tertiary/aromatic N) is 2. The third-order valence-electron chi connectivity index (χ3n) is 2.56. The monoisotopic (exact) mass is 226 g/mol.